The monoisotopic (exact) mass is 281 g/mol. The molecule has 1 amide bonds. The van der Waals surface area contributed by atoms with Crippen molar-refractivity contribution >= 4 is 11.9 Å². The molecule has 1 aliphatic rings. The predicted molar refractivity (Wildman–Crippen MR) is 70.5 cm³/mol. The second-order valence-electron chi connectivity index (χ2n) is 4.94. The van der Waals surface area contributed by atoms with Gasteiger partial charge in [-0.25, -0.2) is 0 Å². The van der Waals surface area contributed by atoms with Crippen molar-refractivity contribution in [1.82, 2.24) is 4.90 Å². The van der Waals surface area contributed by atoms with Gasteiger partial charge in [0.1, 0.15) is 11.7 Å². The molecule has 1 aromatic rings. The molecule has 0 aromatic carbocycles. The van der Waals surface area contributed by atoms with Gasteiger partial charge in [-0.05, 0) is 19.4 Å². The van der Waals surface area contributed by atoms with Gasteiger partial charge in [0.2, 0.25) is 0 Å². The number of carbonyl (C=O) groups excluding carboxylic acids is 1. The molecule has 2 heterocycles. The molecule has 20 heavy (non-hydrogen) atoms. The van der Waals surface area contributed by atoms with Crippen LogP contribution in [0.3, 0.4) is 0 Å². The molecule has 1 fully saturated rings. The summed E-state index contributed by atoms with van der Waals surface area (Å²) in [5.74, 6) is -1.25. The van der Waals surface area contributed by atoms with Gasteiger partial charge in [-0.15, -0.1) is 0 Å². The second kappa shape index (κ2) is 6.09. The third-order valence-electron chi connectivity index (χ3n) is 3.58. The topological polar surface area (TPSA) is 80.0 Å². The Kier molecular flexibility index (Phi) is 4.44. The molecule has 0 aliphatic carbocycles. The summed E-state index contributed by atoms with van der Waals surface area (Å²) in [5.41, 5.74) is 0.481. The quantitative estimate of drug-likeness (QED) is 0.885. The van der Waals surface area contributed by atoms with Gasteiger partial charge in [-0.1, -0.05) is 6.92 Å². The lowest BCUT2D eigenvalue weighted by molar-refractivity contribution is -0.142. The van der Waals surface area contributed by atoms with Crippen molar-refractivity contribution in [2.75, 3.05) is 19.8 Å². The average molecular weight is 281 g/mol. The van der Waals surface area contributed by atoms with Crippen LogP contribution in [-0.2, 0) is 9.53 Å². The third kappa shape index (κ3) is 2.70. The highest BCUT2D eigenvalue weighted by molar-refractivity contribution is 5.95. The average Bonchev–Trinajstić information content (AvgIpc) is 3.03. The van der Waals surface area contributed by atoms with Gasteiger partial charge >= 0.3 is 5.97 Å². The normalized spacial score (nSPS) is 21.9. The van der Waals surface area contributed by atoms with Crippen molar-refractivity contribution in [3.8, 4) is 0 Å². The molecule has 6 nitrogen and oxygen atoms in total. The lowest BCUT2D eigenvalue weighted by Gasteiger charge is -2.30. The van der Waals surface area contributed by atoms with E-state index in [0.717, 1.165) is 6.42 Å². The number of nitrogens with zero attached hydrogens (tertiary/aromatic N) is 1. The number of carbonyl (C=O) groups is 2. The number of rotatable bonds is 5. The highest BCUT2D eigenvalue weighted by Crippen LogP contribution is 2.23. The molecule has 2 unspecified atom stereocenters. The maximum atomic E-state index is 12.6. The summed E-state index contributed by atoms with van der Waals surface area (Å²) in [4.78, 5) is 25.5. The first-order valence-electron chi connectivity index (χ1n) is 6.71. The highest BCUT2D eigenvalue weighted by Gasteiger charge is 2.40. The van der Waals surface area contributed by atoms with Crippen molar-refractivity contribution in [1.29, 1.82) is 0 Å². The van der Waals surface area contributed by atoms with E-state index in [1.807, 2.05) is 6.92 Å². The van der Waals surface area contributed by atoms with Crippen LogP contribution in [0.15, 0.2) is 16.7 Å². The standard InChI is InChI=1S/C14H19NO5/c1-3-5-15(12-8-19-7-11(12)14(17)18)13(16)10-4-6-20-9(10)2/h4,6,11-12H,3,5,7-8H2,1-2H3,(H,17,18). The Hall–Kier alpha value is -1.82. The fourth-order valence-corrected chi connectivity index (χ4v) is 2.51. The van der Waals surface area contributed by atoms with Gasteiger partial charge < -0.3 is 19.2 Å². The summed E-state index contributed by atoms with van der Waals surface area (Å²) >= 11 is 0. The number of carboxylic acids is 1. The molecule has 110 valence electrons. The van der Waals surface area contributed by atoms with Crippen molar-refractivity contribution in [2.24, 2.45) is 5.92 Å². The van der Waals surface area contributed by atoms with Crippen molar-refractivity contribution < 1.29 is 23.8 Å². The lowest BCUT2D eigenvalue weighted by Crippen LogP contribution is -2.47. The summed E-state index contributed by atoms with van der Waals surface area (Å²) in [6.45, 7) is 4.59. The summed E-state index contributed by atoms with van der Waals surface area (Å²) in [6, 6.07) is 1.19. The number of amides is 1. The Labute approximate surface area is 117 Å². The Balaban J connectivity index is 2.24. The van der Waals surface area contributed by atoms with Crippen molar-refractivity contribution in [2.45, 2.75) is 26.3 Å². The van der Waals surface area contributed by atoms with Crippen molar-refractivity contribution in [3.63, 3.8) is 0 Å². The second-order valence-corrected chi connectivity index (χ2v) is 4.94. The fourth-order valence-electron chi connectivity index (χ4n) is 2.51. The summed E-state index contributed by atoms with van der Waals surface area (Å²) < 4.78 is 10.4. The number of aliphatic carboxylic acids is 1. The maximum Gasteiger partial charge on any atom is 0.311 e. The predicted octanol–water partition coefficient (Wildman–Crippen LogP) is 1.54. The van der Waals surface area contributed by atoms with Gasteiger partial charge in [0, 0.05) is 6.54 Å². The van der Waals surface area contributed by atoms with Crippen LogP contribution < -0.4 is 0 Å². The van der Waals surface area contributed by atoms with E-state index in [4.69, 9.17) is 9.15 Å². The number of aryl methyl sites for hydroxylation is 1. The first-order chi connectivity index (χ1) is 9.56. The summed E-state index contributed by atoms with van der Waals surface area (Å²) in [5, 5.41) is 9.23. The molecule has 0 saturated carbocycles. The van der Waals surface area contributed by atoms with E-state index in [1.165, 1.54) is 6.26 Å². The number of furan rings is 1. The minimum absolute atomic E-state index is 0.151. The zero-order valence-corrected chi connectivity index (χ0v) is 11.7. The molecule has 6 heteroatoms. The summed E-state index contributed by atoms with van der Waals surface area (Å²) in [6.07, 6.45) is 2.22. The van der Waals surface area contributed by atoms with E-state index in [-0.39, 0.29) is 19.1 Å². The molecular weight excluding hydrogens is 262 g/mol. The smallest absolute Gasteiger partial charge is 0.311 e. The van der Waals surface area contributed by atoms with Gasteiger partial charge in [-0.3, -0.25) is 9.59 Å². The van der Waals surface area contributed by atoms with E-state index in [1.54, 1.807) is 17.9 Å². The lowest BCUT2D eigenvalue weighted by atomic mass is 10.0. The van der Waals surface area contributed by atoms with Crippen LogP contribution in [0.4, 0.5) is 0 Å². The fraction of sp³-hybridized carbons (Fsp3) is 0.571. The molecule has 1 aromatic heterocycles. The van der Waals surface area contributed by atoms with Gasteiger partial charge in [0.25, 0.3) is 5.91 Å². The zero-order chi connectivity index (χ0) is 14.7. The Morgan fingerprint density at radius 2 is 2.20 bits per heavy atom. The molecule has 1 saturated heterocycles. The van der Waals surface area contributed by atoms with Crippen LogP contribution in [0.1, 0.15) is 29.5 Å². The van der Waals surface area contributed by atoms with Crippen LogP contribution in [0, 0.1) is 12.8 Å². The minimum Gasteiger partial charge on any atom is -0.481 e. The van der Waals surface area contributed by atoms with Gasteiger partial charge in [-0.2, -0.15) is 0 Å². The number of carboxylic acid groups (broad SMARTS) is 1. The molecule has 1 N–H and O–H groups in total. The zero-order valence-electron chi connectivity index (χ0n) is 11.7. The van der Waals surface area contributed by atoms with Crippen LogP contribution in [0.2, 0.25) is 0 Å². The van der Waals surface area contributed by atoms with E-state index in [2.05, 4.69) is 0 Å². The van der Waals surface area contributed by atoms with Crippen LogP contribution in [0.5, 0.6) is 0 Å². The maximum absolute atomic E-state index is 12.6. The molecule has 2 atom stereocenters. The Bertz CT molecular complexity index is 496. The SMILES string of the molecule is CCCN(C(=O)c1ccoc1C)C1COCC1C(=O)O. The van der Waals surface area contributed by atoms with Crippen molar-refractivity contribution in [3.05, 3.63) is 23.7 Å². The molecule has 0 bridgehead atoms. The highest BCUT2D eigenvalue weighted by atomic mass is 16.5. The number of hydrogen-bond acceptors (Lipinski definition) is 4. The minimum atomic E-state index is -0.926. The van der Waals surface area contributed by atoms with E-state index in [9.17, 15) is 14.7 Å². The molecule has 2 rings (SSSR count). The molecular formula is C14H19NO5. The van der Waals surface area contributed by atoms with Crippen LogP contribution >= 0.6 is 0 Å². The van der Waals surface area contributed by atoms with Crippen LogP contribution in [0.25, 0.3) is 0 Å². The summed E-state index contributed by atoms with van der Waals surface area (Å²) in [7, 11) is 0. The third-order valence-corrected chi connectivity index (χ3v) is 3.58. The number of ether oxygens (including phenoxy) is 1. The Morgan fingerprint density at radius 1 is 1.45 bits per heavy atom. The molecule has 1 aliphatic heterocycles. The molecule has 0 spiro atoms. The molecule has 0 radical (unpaired) electrons. The van der Waals surface area contributed by atoms with Gasteiger partial charge in [0.15, 0.2) is 0 Å². The number of hydrogen-bond donors (Lipinski definition) is 1. The van der Waals surface area contributed by atoms with Gasteiger partial charge in [0.05, 0.1) is 31.1 Å². The first kappa shape index (κ1) is 14.6. The largest absolute Gasteiger partial charge is 0.481 e. The Morgan fingerprint density at radius 3 is 2.75 bits per heavy atom. The van der Waals surface area contributed by atoms with Crippen LogP contribution in [-0.4, -0.2) is 47.7 Å². The van der Waals surface area contributed by atoms with E-state index in [0.29, 0.717) is 17.9 Å². The van der Waals surface area contributed by atoms with E-state index < -0.39 is 17.9 Å². The van der Waals surface area contributed by atoms with E-state index >= 15 is 0 Å². The first-order valence-corrected chi connectivity index (χ1v) is 6.71.